The van der Waals surface area contributed by atoms with Gasteiger partial charge in [-0.15, -0.1) is 0 Å². The van der Waals surface area contributed by atoms with Crippen LogP contribution in [0.5, 0.6) is 5.75 Å². The zero-order valence-electron chi connectivity index (χ0n) is 16.6. The molecule has 1 N–H and O–H groups in total. The number of rotatable bonds is 8. The minimum absolute atomic E-state index is 0.0947. The molecule has 0 bridgehead atoms. The van der Waals surface area contributed by atoms with Crippen LogP contribution in [-0.4, -0.2) is 29.0 Å². The van der Waals surface area contributed by atoms with Gasteiger partial charge in [-0.25, -0.2) is 4.98 Å². The maximum atomic E-state index is 12.9. The highest BCUT2D eigenvalue weighted by molar-refractivity contribution is 6.07. The van der Waals surface area contributed by atoms with Crippen LogP contribution in [0.3, 0.4) is 0 Å². The zero-order chi connectivity index (χ0) is 20.6. The fourth-order valence-corrected chi connectivity index (χ4v) is 3.26. The third kappa shape index (κ3) is 4.81. The molecule has 0 fully saturated rings. The summed E-state index contributed by atoms with van der Waals surface area (Å²) < 4.78 is 5.69. The van der Waals surface area contributed by atoms with Crippen LogP contribution >= 0.6 is 0 Å². The highest BCUT2D eigenvalue weighted by atomic mass is 16.5. The molecule has 5 nitrogen and oxygen atoms in total. The monoisotopic (exact) mass is 397 g/mol. The van der Waals surface area contributed by atoms with Gasteiger partial charge in [0.05, 0.1) is 23.4 Å². The molecule has 0 saturated heterocycles. The van der Waals surface area contributed by atoms with Crippen LogP contribution in [0.25, 0.3) is 22.2 Å². The molecule has 2 heterocycles. The summed E-state index contributed by atoms with van der Waals surface area (Å²) in [6.45, 7) is 1.22. The van der Waals surface area contributed by atoms with Crippen LogP contribution in [-0.2, 0) is 0 Å². The molecule has 0 aliphatic heterocycles. The predicted molar refractivity (Wildman–Crippen MR) is 118 cm³/mol. The average molecular weight is 397 g/mol. The van der Waals surface area contributed by atoms with Gasteiger partial charge in [0.1, 0.15) is 5.75 Å². The summed E-state index contributed by atoms with van der Waals surface area (Å²) in [6, 6.07) is 23.1. The molecule has 2 aromatic heterocycles. The largest absolute Gasteiger partial charge is 0.494 e. The number of hydrogen-bond donors (Lipinski definition) is 1. The number of para-hydroxylation sites is 2. The normalized spacial score (nSPS) is 10.7. The third-order valence-electron chi connectivity index (χ3n) is 4.79. The zero-order valence-corrected chi connectivity index (χ0v) is 16.6. The smallest absolute Gasteiger partial charge is 0.252 e. The van der Waals surface area contributed by atoms with E-state index in [1.165, 1.54) is 0 Å². The second-order valence-corrected chi connectivity index (χ2v) is 6.94. The van der Waals surface area contributed by atoms with Crippen LogP contribution in [0.15, 0.2) is 85.2 Å². The van der Waals surface area contributed by atoms with E-state index >= 15 is 0 Å². The summed E-state index contributed by atoms with van der Waals surface area (Å²) in [7, 11) is 0. The number of benzene rings is 2. The van der Waals surface area contributed by atoms with Gasteiger partial charge in [0.15, 0.2) is 0 Å². The van der Waals surface area contributed by atoms with Crippen molar-refractivity contribution < 1.29 is 9.53 Å². The fraction of sp³-hybridized carbons (Fsp3) is 0.160. The number of carbonyl (C=O) groups is 1. The minimum atomic E-state index is -0.0947. The number of unbranched alkanes of at least 4 members (excludes halogenated alkanes) is 1. The summed E-state index contributed by atoms with van der Waals surface area (Å²) in [5, 5.41) is 3.87. The van der Waals surface area contributed by atoms with Crippen molar-refractivity contribution in [1.29, 1.82) is 0 Å². The molecule has 0 spiro atoms. The van der Waals surface area contributed by atoms with E-state index in [9.17, 15) is 4.79 Å². The first-order valence-electron chi connectivity index (χ1n) is 10.1. The molecule has 2 aromatic carbocycles. The number of aromatic nitrogens is 2. The molecule has 30 heavy (non-hydrogen) atoms. The molecule has 5 heteroatoms. The van der Waals surface area contributed by atoms with Gasteiger partial charge >= 0.3 is 0 Å². The standard InChI is InChI=1S/C25H23N3O2/c29-25(27-15-6-7-16-30-20-10-2-1-3-11-20)22-17-24(19-9-8-14-26-18-19)28-23-13-5-4-12-21(22)23/h1-5,8-14,17-18H,6-7,15-16H2,(H,27,29). The van der Waals surface area contributed by atoms with Crippen LogP contribution in [0.4, 0.5) is 0 Å². The SMILES string of the molecule is O=C(NCCCCOc1ccccc1)c1cc(-c2cccnc2)nc2ccccc12. The van der Waals surface area contributed by atoms with Crippen molar-refractivity contribution in [3.05, 3.63) is 90.8 Å². The highest BCUT2D eigenvalue weighted by Crippen LogP contribution is 2.24. The first-order chi connectivity index (χ1) is 14.8. The van der Waals surface area contributed by atoms with E-state index in [1.54, 1.807) is 12.4 Å². The maximum absolute atomic E-state index is 12.9. The highest BCUT2D eigenvalue weighted by Gasteiger charge is 2.13. The number of hydrogen-bond acceptors (Lipinski definition) is 4. The van der Waals surface area contributed by atoms with Crippen molar-refractivity contribution in [2.24, 2.45) is 0 Å². The Balaban J connectivity index is 1.40. The summed E-state index contributed by atoms with van der Waals surface area (Å²) in [6.07, 6.45) is 5.19. The lowest BCUT2D eigenvalue weighted by Crippen LogP contribution is -2.25. The summed E-state index contributed by atoms with van der Waals surface area (Å²) in [4.78, 5) is 21.8. The average Bonchev–Trinajstić information content (AvgIpc) is 2.81. The number of nitrogens with zero attached hydrogens (tertiary/aromatic N) is 2. The van der Waals surface area contributed by atoms with Gasteiger partial charge in [0.25, 0.3) is 5.91 Å². The quantitative estimate of drug-likeness (QED) is 0.430. The molecular weight excluding hydrogens is 374 g/mol. The Labute approximate surface area is 175 Å². The van der Waals surface area contributed by atoms with Gasteiger partial charge in [-0.1, -0.05) is 36.4 Å². The molecule has 0 saturated carbocycles. The molecule has 0 unspecified atom stereocenters. The Morgan fingerprint density at radius 3 is 2.60 bits per heavy atom. The van der Waals surface area contributed by atoms with E-state index < -0.39 is 0 Å². The number of nitrogens with one attached hydrogen (secondary N) is 1. The van der Waals surface area contributed by atoms with Crippen LogP contribution in [0, 0.1) is 0 Å². The molecular formula is C25H23N3O2. The number of pyridine rings is 2. The Hall–Kier alpha value is -3.73. The molecule has 0 radical (unpaired) electrons. The van der Waals surface area contributed by atoms with Gasteiger partial charge in [-0.2, -0.15) is 0 Å². The van der Waals surface area contributed by atoms with Gasteiger partial charge in [-0.05, 0) is 49.2 Å². The Bertz CT molecular complexity index is 1120. The fourth-order valence-electron chi connectivity index (χ4n) is 3.26. The van der Waals surface area contributed by atoms with Crippen molar-refractivity contribution in [3.8, 4) is 17.0 Å². The van der Waals surface area contributed by atoms with E-state index in [2.05, 4.69) is 10.3 Å². The molecule has 0 aliphatic rings. The number of ether oxygens (including phenoxy) is 1. The molecule has 4 aromatic rings. The predicted octanol–water partition coefficient (Wildman–Crippen LogP) is 4.89. The first-order valence-corrected chi connectivity index (χ1v) is 10.1. The van der Waals surface area contributed by atoms with Crippen molar-refractivity contribution >= 4 is 16.8 Å². The lowest BCUT2D eigenvalue weighted by atomic mass is 10.0. The van der Waals surface area contributed by atoms with E-state index in [4.69, 9.17) is 9.72 Å². The summed E-state index contributed by atoms with van der Waals surface area (Å²) in [5.41, 5.74) is 3.04. The molecule has 4 rings (SSSR count). The van der Waals surface area contributed by atoms with E-state index in [0.29, 0.717) is 18.7 Å². The lowest BCUT2D eigenvalue weighted by Gasteiger charge is -2.11. The van der Waals surface area contributed by atoms with Crippen molar-refractivity contribution in [2.45, 2.75) is 12.8 Å². The van der Waals surface area contributed by atoms with Gasteiger partial charge < -0.3 is 10.1 Å². The molecule has 0 aliphatic carbocycles. The van der Waals surface area contributed by atoms with Crippen molar-refractivity contribution in [3.63, 3.8) is 0 Å². The second-order valence-electron chi connectivity index (χ2n) is 6.94. The summed E-state index contributed by atoms with van der Waals surface area (Å²) >= 11 is 0. The van der Waals surface area contributed by atoms with Gasteiger partial charge in [-0.3, -0.25) is 9.78 Å². The summed E-state index contributed by atoms with van der Waals surface area (Å²) in [5.74, 6) is 0.774. The van der Waals surface area contributed by atoms with Crippen LogP contribution < -0.4 is 10.1 Å². The molecule has 0 atom stereocenters. The van der Waals surface area contributed by atoms with Crippen molar-refractivity contribution in [1.82, 2.24) is 15.3 Å². The lowest BCUT2D eigenvalue weighted by molar-refractivity contribution is 0.0954. The number of amides is 1. The Kier molecular flexibility index (Phi) is 6.30. The Morgan fingerprint density at radius 1 is 0.933 bits per heavy atom. The third-order valence-corrected chi connectivity index (χ3v) is 4.79. The first kappa shape index (κ1) is 19.6. The topological polar surface area (TPSA) is 64.1 Å². The van der Waals surface area contributed by atoms with Gasteiger partial charge in [0, 0.05) is 29.9 Å². The molecule has 1 amide bonds. The van der Waals surface area contributed by atoms with Crippen molar-refractivity contribution in [2.75, 3.05) is 13.2 Å². The van der Waals surface area contributed by atoms with Gasteiger partial charge in [0.2, 0.25) is 0 Å². The second kappa shape index (κ2) is 9.65. The van der Waals surface area contributed by atoms with Crippen LogP contribution in [0.2, 0.25) is 0 Å². The number of fused-ring (bicyclic) bond motifs is 1. The number of carbonyl (C=O) groups excluding carboxylic acids is 1. The molecule has 150 valence electrons. The maximum Gasteiger partial charge on any atom is 0.252 e. The van der Waals surface area contributed by atoms with Crippen LogP contribution in [0.1, 0.15) is 23.2 Å². The van der Waals surface area contributed by atoms with E-state index in [1.807, 2.05) is 72.8 Å². The minimum Gasteiger partial charge on any atom is -0.494 e. The van der Waals surface area contributed by atoms with E-state index in [0.717, 1.165) is 40.8 Å². The Morgan fingerprint density at radius 2 is 1.77 bits per heavy atom. The van der Waals surface area contributed by atoms with E-state index in [-0.39, 0.29) is 5.91 Å².